The second-order valence-corrected chi connectivity index (χ2v) is 13.8. The molecule has 50 heavy (non-hydrogen) atoms. The lowest BCUT2D eigenvalue weighted by Crippen LogP contribution is -2.66. The molecule has 4 aliphatic heterocycles. The van der Waals surface area contributed by atoms with Gasteiger partial charge in [0.2, 0.25) is 0 Å². The van der Waals surface area contributed by atoms with Gasteiger partial charge in [0.15, 0.2) is 25.2 Å². The molecule has 1 saturated carbocycles. The van der Waals surface area contributed by atoms with Crippen LogP contribution in [0.5, 0.6) is 0 Å². The maximum atomic E-state index is 11.4. The lowest BCUT2D eigenvalue weighted by molar-refractivity contribution is -0.347. The van der Waals surface area contributed by atoms with Gasteiger partial charge in [-0.05, 0) is 26.2 Å². The molecule has 0 aromatic rings. The van der Waals surface area contributed by atoms with Crippen molar-refractivity contribution in [2.75, 3.05) is 13.2 Å². The standard InChI is InChI=1S/C30H55N3O17/c1-3-13-25(49-28-17(33)20(39)24(9(2)43-28)48-29-22(41)21(40)19(38)15(8-35)47-29)23(42)30(45-13)50-26-14(5-4-11(31)18(26)37)46-27-16(32)12(36)6-10(7-34)44-27/h9-30,34-42H,3-8,31-33H2,1-2H3. The van der Waals surface area contributed by atoms with Crippen molar-refractivity contribution in [3.8, 4) is 0 Å². The third kappa shape index (κ3) is 8.30. The molecule has 4 saturated heterocycles. The molecule has 1 aliphatic carbocycles. The molecular formula is C30H55N3O17. The van der Waals surface area contributed by atoms with Crippen LogP contribution < -0.4 is 17.2 Å². The van der Waals surface area contributed by atoms with Crippen LogP contribution in [0.1, 0.15) is 39.5 Å². The maximum absolute atomic E-state index is 11.4. The molecular weight excluding hydrogens is 674 g/mol. The van der Waals surface area contributed by atoms with Crippen LogP contribution in [0.25, 0.3) is 0 Å². The van der Waals surface area contributed by atoms with Gasteiger partial charge in [-0.3, -0.25) is 0 Å². The van der Waals surface area contributed by atoms with Crippen molar-refractivity contribution < 1.29 is 83.9 Å². The van der Waals surface area contributed by atoms with Gasteiger partial charge < -0.3 is 101 Å². The molecule has 0 radical (unpaired) electrons. The number of aliphatic hydroxyl groups excluding tert-OH is 9. The Morgan fingerprint density at radius 1 is 0.580 bits per heavy atom. The zero-order valence-electron chi connectivity index (χ0n) is 28.0. The smallest absolute Gasteiger partial charge is 0.187 e. The fourth-order valence-electron chi connectivity index (χ4n) is 7.14. The third-order valence-corrected chi connectivity index (χ3v) is 10.3. The van der Waals surface area contributed by atoms with E-state index < -0.39 is 141 Å². The van der Waals surface area contributed by atoms with Crippen molar-refractivity contribution in [3.05, 3.63) is 0 Å². The van der Waals surface area contributed by atoms with Gasteiger partial charge in [0, 0.05) is 12.5 Å². The normalized spacial score (nSPS) is 53.4. The number of ether oxygens (including phenoxy) is 8. The van der Waals surface area contributed by atoms with Crippen LogP contribution in [0.4, 0.5) is 0 Å². The van der Waals surface area contributed by atoms with Crippen molar-refractivity contribution in [2.24, 2.45) is 17.2 Å². The Kier molecular flexibility index (Phi) is 13.8. The molecule has 5 aliphatic rings. The first-order chi connectivity index (χ1) is 23.7. The van der Waals surface area contributed by atoms with Crippen LogP contribution in [-0.4, -0.2) is 194 Å². The monoisotopic (exact) mass is 729 g/mol. The van der Waals surface area contributed by atoms with Crippen LogP contribution in [0, 0.1) is 0 Å². The zero-order valence-corrected chi connectivity index (χ0v) is 28.0. The van der Waals surface area contributed by atoms with Crippen LogP contribution in [0.3, 0.4) is 0 Å². The topological polar surface area (TPSA) is 334 Å². The number of hydrogen-bond donors (Lipinski definition) is 12. The lowest BCUT2D eigenvalue weighted by Gasteiger charge is -2.46. The zero-order chi connectivity index (χ0) is 36.6. The molecule has 0 aromatic carbocycles. The second kappa shape index (κ2) is 17.1. The minimum Gasteiger partial charge on any atom is -0.394 e. The molecule has 0 bridgehead atoms. The Bertz CT molecular complexity index is 1070. The molecule has 4 heterocycles. The van der Waals surface area contributed by atoms with E-state index >= 15 is 0 Å². The SMILES string of the molecule is CCC1OC(OC2C(OC3OC(CO)CC(O)C3N)CCC(N)C2O)C(O)C1OC1OC(C)C(OC2OC(CO)C(O)C(O)C2O)C(O)C1N. The van der Waals surface area contributed by atoms with Crippen molar-refractivity contribution in [3.63, 3.8) is 0 Å². The van der Waals surface area contributed by atoms with E-state index in [1.54, 1.807) is 6.92 Å². The highest BCUT2D eigenvalue weighted by molar-refractivity contribution is 4.98. The minimum absolute atomic E-state index is 0.119. The Hall–Kier alpha value is -0.800. The highest BCUT2D eigenvalue weighted by atomic mass is 16.8. The molecule has 5 fully saturated rings. The Labute approximate surface area is 288 Å². The molecule has 0 spiro atoms. The molecule has 0 aromatic heterocycles. The first-order valence-electron chi connectivity index (χ1n) is 17.2. The summed E-state index contributed by atoms with van der Waals surface area (Å²) in [6.45, 7) is 2.27. The summed E-state index contributed by atoms with van der Waals surface area (Å²) in [4.78, 5) is 0. The summed E-state index contributed by atoms with van der Waals surface area (Å²) in [5.74, 6) is 0. The summed E-state index contributed by atoms with van der Waals surface area (Å²) in [5.41, 5.74) is 18.6. The quantitative estimate of drug-likeness (QED) is 0.0940. The predicted molar refractivity (Wildman–Crippen MR) is 164 cm³/mol. The van der Waals surface area contributed by atoms with E-state index in [1.165, 1.54) is 6.92 Å². The Balaban J connectivity index is 1.23. The van der Waals surface area contributed by atoms with Gasteiger partial charge in [-0.1, -0.05) is 6.92 Å². The van der Waals surface area contributed by atoms with Crippen molar-refractivity contribution in [1.82, 2.24) is 0 Å². The molecule has 20 heteroatoms. The van der Waals surface area contributed by atoms with E-state index in [-0.39, 0.29) is 13.0 Å². The third-order valence-electron chi connectivity index (χ3n) is 10.3. The Morgan fingerprint density at radius 3 is 1.86 bits per heavy atom. The number of aliphatic hydroxyl groups is 9. The summed E-state index contributed by atoms with van der Waals surface area (Å²) >= 11 is 0. The van der Waals surface area contributed by atoms with Crippen LogP contribution >= 0.6 is 0 Å². The first kappa shape index (κ1) is 40.4. The summed E-state index contributed by atoms with van der Waals surface area (Å²) in [7, 11) is 0. The highest BCUT2D eigenvalue weighted by Crippen LogP contribution is 2.36. The van der Waals surface area contributed by atoms with E-state index in [9.17, 15) is 46.0 Å². The van der Waals surface area contributed by atoms with E-state index in [0.29, 0.717) is 19.3 Å². The second-order valence-electron chi connectivity index (χ2n) is 13.8. The average Bonchev–Trinajstić information content (AvgIpc) is 3.39. The lowest BCUT2D eigenvalue weighted by atomic mass is 9.87. The summed E-state index contributed by atoms with van der Waals surface area (Å²) in [6.07, 6.45) is -22.3. The van der Waals surface area contributed by atoms with Gasteiger partial charge in [0.05, 0.1) is 61.9 Å². The molecule has 20 nitrogen and oxygen atoms in total. The van der Waals surface area contributed by atoms with Crippen molar-refractivity contribution in [1.29, 1.82) is 0 Å². The van der Waals surface area contributed by atoms with Crippen molar-refractivity contribution >= 4 is 0 Å². The van der Waals surface area contributed by atoms with Gasteiger partial charge in [-0.15, -0.1) is 0 Å². The number of nitrogens with two attached hydrogens (primary N) is 3. The molecule has 0 amide bonds. The first-order valence-corrected chi connectivity index (χ1v) is 17.2. The number of hydrogen-bond acceptors (Lipinski definition) is 20. The predicted octanol–water partition coefficient (Wildman–Crippen LogP) is -6.47. The van der Waals surface area contributed by atoms with Crippen LogP contribution in [-0.2, 0) is 37.9 Å². The molecule has 22 atom stereocenters. The minimum atomic E-state index is -1.72. The van der Waals surface area contributed by atoms with Gasteiger partial charge in [0.25, 0.3) is 0 Å². The van der Waals surface area contributed by atoms with Gasteiger partial charge in [-0.2, -0.15) is 0 Å². The maximum Gasteiger partial charge on any atom is 0.187 e. The fraction of sp³-hybridized carbons (Fsp3) is 1.00. The summed E-state index contributed by atoms with van der Waals surface area (Å²) in [5, 5.41) is 93.6. The highest BCUT2D eigenvalue weighted by Gasteiger charge is 2.54. The van der Waals surface area contributed by atoms with E-state index in [2.05, 4.69) is 0 Å². The summed E-state index contributed by atoms with van der Waals surface area (Å²) < 4.78 is 47.1. The van der Waals surface area contributed by atoms with Crippen LogP contribution in [0.15, 0.2) is 0 Å². The van der Waals surface area contributed by atoms with Crippen molar-refractivity contribution in [2.45, 2.75) is 174 Å². The molecule has 22 unspecified atom stereocenters. The molecule has 15 N–H and O–H groups in total. The molecule has 5 rings (SSSR count). The largest absolute Gasteiger partial charge is 0.394 e. The van der Waals surface area contributed by atoms with Crippen LogP contribution in [0.2, 0.25) is 0 Å². The van der Waals surface area contributed by atoms with E-state index in [4.69, 9.17) is 55.1 Å². The average molecular weight is 730 g/mol. The summed E-state index contributed by atoms with van der Waals surface area (Å²) in [6, 6.07) is -2.90. The van der Waals surface area contributed by atoms with E-state index in [0.717, 1.165) is 0 Å². The fourth-order valence-corrected chi connectivity index (χ4v) is 7.14. The van der Waals surface area contributed by atoms with Gasteiger partial charge in [-0.25, -0.2) is 0 Å². The van der Waals surface area contributed by atoms with E-state index in [1.807, 2.05) is 0 Å². The number of rotatable bonds is 11. The molecule has 292 valence electrons. The Morgan fingerprint density at radius 2 is 1.20 bits per heavy atom. The van der Waals surface area contributed by atoms with Gasteiger partial charge in [0.1, 0.15) is 54.9 Å². The van der Waals surface area contributed by atoms with Gasteiger partial charge >= 0.3 is 0 Å².